The Morgan fingerprint density at radius 3 is 2.64 bits per heavy atom. The number of aliphatic imine (C=N–C) groups is 1. The molecule has 2 aliphatic heterocycles. The van der Waals surface area contributed by atoms with Crippen LogP contribution in [0.15, 0.2) is 17.1 Å². The molecule has 1 aromatic rings. The summed E-state index contributed by atoms with van der Waals surface area (Å²) in [6.07, 6.45) is -1.95. The number of dihydropyridines is 1. The average Bonchev–Trinajstić information content (AvgIpc) is 3.15. The van der Waals surface area contributed by atoms with Crippen LogP contribution in [0, 0.1) is 12.8 Å². The Bertz CT molecular complexity index is 886. The van der Waals surface area contributed by atoms with Crippen LogP contribution < -0.4 is 0 Å². The summed E-state index contributed by atoms with van der Waals surface area (Å²) >= 11 is 0. The van der Waals surface area contributed by atoms with Gasteiger partial charge in [0.15, 0.2) is 0 Å². The summed E-state index contributed by atoms with van der Waals surface area (Å²) in [5.74, 6) is -4.08. The highest BCUT2D eigenvalue weighted by molar-refractivity contribution is 6.14. The fourth-order valence-electron chi connectivity index (χ4n) is 3.18. The zero-order valence-electron chi connectivity index (χ0n) is 14.8. The quantitative estimate of drug-likeness (QED) is 0.816. The molecule has 150 valence electrons. The number of hydroxylamine groups is 2. The lowest BCUT2D eigenvalue weighted by molar-refractivity contribution is -0.140. The molecule has 7 nitrogen and oxygen atoms in total. The smallest absolute Gasteiger partial charge is 0.420 e. The minimum absolute atomic E-state index is 0.0103. The molecule has 28 heavy (non-hydrogen) atoms. The first-order chi connectivity index (χ1) is 13.1. The van der Waals surface area contributed by atoms with Crippen molar-refractivity contribution < 1.29 is 37.8 Å². The van der Waals surface area contributed by atoms with Gasteiger partial charge in [0.25, 0.3) is 5.91 Å². The molecule has 1 atom stereocenters. The summed E-state index contributed by atoms with van der Waals surface area (Å²) in [6, 6.07) is 0.591. The van der Waals surface area contributed by atoms with E-state index in [-0.39, 0.29) is 42.0 Å². The van der Waals surface area contributed by atoms with Gasteiger partial charge in [-0.25, -0.2) is 5.06 Å². The highest BCUT2D eigenvalue weighted by atomic mass is 19.4. The van der Waals surface area contributed by atoms with Crippen LogP contribution in [0.25, 0.3) is 5.57 Å². The van der Waals surface area contributed by atoms with Crippen molar-refractivity contribution >= 4 is 23.7 Å². The number of carboxylic acid groups (broad SMARTS) is 1. The number of hydrogen-bond acceptors (Lipinski definition) is 5. The van der Waals surface area contributed by atoms with Gasteiger partial charge >= 0.3 is 12.1 Å². The normalized spacial score (nSPS) is 19.6. The van der Waals surface area contributed by atoms with E-state index < -0.39 is 35.3 Å². The first-order valence-corrected chi connectivity index (χ1v) is 8.44. The molecule has 2 N–H and O–H groups in total. The molecule has 1 unspecified atom stereocenters. The molecule has 0 aromatic heterocycles. The van der Waals surface area contributed by atoms with Crippen molar-refractivity contribution in [1.29, 1.82) is 0 Å². The zero-order chi connectivity index (χ0) is 20.6. The lowest BCUT2D eigenvalue weighted by Crippen LogP contribution is -2.28. The highest BCUT2D eigenvalue weighted by Crippen LogP contribution is 2.43. The summed E-state index contributed by atoms with van der Waals surface area (Å²) in [5.41, 5.74) is -1.85. The van der Waals surface area contributed by atoms with Crippen LogP contribution in [-0.4, -0.2) is 53.1 Å². The van der Waals surface area contributed by atoms with Gasteiger partial charge in [-0.15, -0.1) is 0 Å². The molecule has 1 fully saturated rings. The predicted octanol–water partition coefficient (Wildman–Crippen LogP) is 2.67. The van der Waals surface area contributed by atoms with Crippen LogP contribution in [0.2, 0.25) is 0 Å². The number of phenolic OH excluding ortho intramolecular Hbond substituents is 1. The van der Waals surface area contributed by atoms with Crippen LogP contribution in [0.1, 0.15) is 33.5 Å². The maximum Gasteiger partial charge on any atom is 0.420 e. The van der Waals surface area contributed by atoms with Crippen LogP contribution >= 0.6 is 0 Å². The van der Waals surface area contributed by atoms with E-state index in [1.54, 1.807) is 0 Å². The van der Waals surface area contributed by atoms with Crippen molar-refractivity contribution in [2.75, 3.05) is 19.7 Å². The Hall–Kier alpha value is -2.88. The minimum atomic E-state index is -4.92. The number of aromatic hydroxyl groups is 1. The Labute approximate surface area is 157 Å². The molecule has 0 bridgehead atoms. The monoisotopic (exact) mass is 398 g/mol. The fraction of sp³-hybridized carbons (Fsp3) is 0.389. The predicted molar refractivity (Wildman–Crippen MR) is 91.9 cm³/mol. The van der Waals surface area contributed by atoms with E-state index in [1.165, 1.54) is 19.2 Å². The van der Waals surface area contributed by atoms with Crippen LogP contribution in [0.3, 0.4) is 0 Å². The van der Waals surface area contributed by atoms with E-state index in [9.17, 15) is 33.0 Å². The number of phenols is 1. The van der Waals surface area contributed by atoms with Gasteiger partial charge in [0.1, 0.15) is 5.75 Å². The van der Waals surface area contributed by atoms with Crippen molar-refractivity contribution in [3.8, 4) is 5.75 Å². The second-order valence-corrected chi connectivity index (χ2v) is 6.47. The van der Waals surface area contributed by atoms with Crippen molar-refractivity contribution in [3.63, 3.8) is 0 Å². The number of allylic oxidation sites excluding steroid dienone is 1. The van der Waals surface area contributed by atoms with Gasteiger partial charge in [0.05, 0.1) is 31.2 Å². The third-order valence-corrected chi connectivity index (χ3v) is 4.59. The highest BCUT2D eigenvalue weighted by Gasteiger charge is 2.38. The minimum Gasteiger partial charge on any atom is -0.507 e. The number of rotatable bonds is 3. The summed E-state index contributed by atoms with van der Waals surface area (Å²) in [5, 5.41) is 20.5. The zero-order valence-corrected chi connectivity index (χ0v) is 14.8. The number of amides is 1. The first kappa shape index (κ1) is 19.9. The molecule has 0 aliphatic carbocycles. The number of nitrogens with zero attached hydrogens (tertiary/aromatic N) is 2. The van der Waals surface area contributed by atoms with E-state index in [0.29, 0.717) is 12.5 Å². The van der Waals surface area contributed by atoms with Gasteiger partial charge < -0.3 is 10.2 Å². The SMILES string of the molecule is Cc1c(C(=O)N2CCCO2)cc(C(F)(F)F)c(O)c1C1=CC(C(=O)O)CN=C1. The lowest BCUT2D eigenvalue weighted by atomic mass is 9.89. The molecule has 0 saturated carbocycles. The van der Waals surface area contributed by atoms with E-state index in [2.05, 4.69) is 4.99 Å². The van der Waals surface area contributed by atoms with Gasteiger partial charge in [0.2, 0.25) is 0 Å². The Morgan fingerprint density at radius 2 is 2.07 bits per heavy atom. The molecule has 2 heterocycles. The first-order valence-electron chi connectivity index (χ1n) is 8.44. The van der Waals surface area contributed by atoms with E-state index in [0.717, 1.165) is 5.06 Å². The lowest BCUT2D eigenvalue weighted by Gasteiger charge is -2.22. The van der Waals surface area contributed by atoms with E-state index in [1.807, 2.05) is 0 Å². The largest absolute Gasteiger partial charge is 0.507 e. The molecule has 0 radical (unpaired) electrons. The van der Waals surface area contributed by atoms with Crippen molar-refractivity contribution in [2.45, 2.75) is 19.5 Å². The maximum atomic E-state index is 13.5. The van der Waals surface area contributed by atoms with Gasteiger partial charge in [-0.1, -0.05) is 6.08 Å². The molecular formula is C18H17F3N2O5. The topological polar surface area (TPSA) is 99.4 Å². The van der Waals surface area contributed by atoms with Crippen molar-refractivity contribution in [1.82, 2.24) is 5.06 Å². The van der Waals surface area contributed by atoms with E-state index in [4.69, 9.17) is 4.84 Å². The molecule has 1 aromatic carbocycles. The van der Waals surface area contributed by atoms with Gasteiger partial charge in [-0.3, -0.25) is 19.4 Å². The summed E-state index contributed by atoms with van der Waals surface area (Å²) in [4.78, 5) is 32.9. The number of halogens is 3. The summed E-state index contributed by atoms with van der Waals surface area (Å²) in [6.45, 7) is 1.84. The number of hydrogen-bond donors (Lipinski definition) is 2. The third-order valence-electron chi connectivity index (χ3n) is 4.59. The molecule has 3 rings (SSSR count). The average molecular weight is 398 g/mol. The Morgan fingerprint density at radius 1 is 1.36 bits per heavy atom. The number of benzene rings is 1. The van der Waals surface area contributed by atoms with Gasteiger partial charge in [0, 0.05) is 22.9 Å². The molecule has 1 amide bonds. The number of alkyl halides is 3. The molecular weight excluding hydrogens is 381 g/mol. The van der Waals surface area contributed by atoms with Crippen LogP contribution in [0.4, 0.5) is 13.2 Å². The van der Waals surface area contributed by atoms with Gasteiger partial charge in [-0.05, 0) is 25.0 Å². The standard InChI is InChI=1S/C18H17F3N2O5/c1-9-12(16(25)23-3-2-4-28-23)6-13(18(19,20)21)15(24)14(9)10-5-11(17(26)27)8-22-7-10/h5-7,11,24H,2-4,8H2,1H3,(H,26,27). The second-order valence-electron chi connectivity index (χ2n) is 6.47. The van der Waals surface area contributed by atoms with Crippen molar-refractivity contribution in [2.24, 2.45) is 10.9 Å². The summed E-state index contributed by atoms with van der Waals surface area (Å²) in [7, 11) is 0. The third kappa shape index (κ3) is 3.59. The summed E-state index contributed by atoms with van der Waals surface area (Å²) < 4.78 is 40.5. The number of carbonyl (C=O) groups excluding carboxylic acids is 1. The van der Waals surface area contributed by atoms with Crippen molar-refractivity contribution in [3.05, 3.63) is 34.4 Å². The van der Waals surface area contributed by atoms with Crippen LogP contribution in [0.5, 0.6) is 5.75 Å². The Balaban J connectivity index is 2.21. The number of carboxylic acids is 1. The second kappa shape index (κ2) is 7.27. The maximum absolute atomic E-state index is 13.5. The molecule has 0 spiro atoms. The Kier molecular flexibility index (Phi) is 5.16. The molecule has 2 aliphatic rings. The van der Waals surface area contributed by atoms with Gasteiger partial charge in [-0.2, -0.15) is 13.2 Å². The number of carbonyl (C=O) groups is 2. The molecule has 1 saturated heterocycles. The van der Waals surface area contributed by atoms with E-state index >= 15 is 0 Å². The number of aliphatic carboxylic acids is 1. The molecule has 10 heteroatoms. The van der Waals surface area contributed by atoms with Crippen LogP contribution in [-0.2, 0) is 15.8 Å². The fourth-order valence-corrected chi connectivity index (χ4v) is 3.18.